The van der Waals surface area contributed by atoms with Crippen molar-refractivity contribution in [3.8, 4) is 0 Å². The Morgan fingerprint density at radius 2 is 1.85 bits per heavy atom. The fourth-order valence-corrected chi connectivity index (χ4v) is 3.61. The first-order valence-corrected chi connectivity index (χ1v) is 9.72. The number of carbonyl (C=O) groups excluding carboxylic acids is 1. The fraction of sp³-hybridized carbons (Fsp3) is 0.600. The van der Waals surface area contributed by atoms with Crippen molar-refractivity contribution < 1.29 is 9.53 Å². The number of carbonyl (C=O) groups is 1. The molecule has 0 radical (unpaired) electrons. The van der Waals surface area contributed by atoms with E-state index in [1.807, 2.05) is 12.1 Å². The normalized spacial score (nSPS) is 19.4. The number of amides is 1. The number of rotatable bonds is 5. The lowest BCUT2D eigenvalue weighted by Gasteiger charge is -2.31. The number of morpholine rings is 1. The minimum Gasteiger partial charge on any atom is -0.378 e. The van der Waals surface area contributed by atoms with Crippen LogP contribution >= 0.6 is 0 Å². The molecular formula is C20H30N4O2. The maximum absolute atomic E-state index is 11.2. The maximum atomic E-state index is 11.2. The Bertz CT molecular complexity index is 603. The van der Waals surface area contributed by atoms with Crippen LogP contribution in [-0.2, 0) is 11.3 Å². The number of benzene rings is 1. The van der Waals surface area contributed by atoms with Crippen molar-refractivity contribution >= 4 is 11.9 Å². The highest BCUT2D eigenvalue weighted by molar-refractivity contribution is 5.92. The van der Waals surface area contributed by atoms with E-state index in [-0.39, 0.29) is 0 Å². The van der Waals surface area contributed by atoms with Crippen LogP contribution in [-0.4, -0.2) is 49.6 Å². The van der Waals surface area contributed by atoms with Gasteiger partial charge in [-0.1, -0.05) is 31.4 Å². The molecule has 1 heterocycles. The van der Waals surface area contributed by atoms with Crippen LogP contribution in [0.4, 0.5) is 0 Å². The summed E-state index contributed by atoms with van der Waals surface area (Å²) in [5.74, 6) is 1.32. The number of nitrogens with two attached hydrogens (primary N) is 1. The summed E-state index contributed by atoms with van der Waals surface area (Å²) in [6.45, 7) is 4.82. The van der Waals surface area contributed by atoms with Crippen LogP contribution in [0.3, 0.4) is 0 Å². The second-order valence-electron chi connectivity index (χ2n) is 7.19. The van der Waals surface area contributed by atoms with Crippen LogP contribution in [0.5, 0.6) is 0 Å². The van der Waals surface area contributed by atoms with E-state index in [1.54, 1.807) is 12.1 Å². The summed E-state index contributed by atoms with van der Waals surface area (Å²) >= 11 is 0. The SMILES string of the molecule is NC(=O)c1ccc(CN=C(NCC2CCCCC2)N2CCOCC2)cc1. The lowest BCUT2D eigenvalue weighted by molar-refractivity contribution is 0.0662. The molecule has 1 saturated carbocycles. The van der Waals surface area contributed by atoms with Crippen molar-refractivity contribution in [1.29, 1.82) is 0 Å². The molecule has 0 aromatic heterocycles. The monoisotopic (exact) mass is 358 g/mol. The Morgan fingerprint density at radius 1 is 1.15 bits per heavy atom. The van der Waals surface area contributed by atoms with Gasteiger partial charge in [0.15, 0.2) is 5.96 Å². The number of ether oxygens (including phenoxy) is 1. The fourth-order valence-electron chi connectivity index (χ4n) is 3.61. The van der Waals surface area contributed by atoms with Crippen molar-refractivity contribution in [3.63, 3.8) is 0 Å². The first-order chi connectivity index (χ1) is 12.7. The summed E-state index contributed by atoms with van der Waals surface area (Å²) < 4.78 is 5.47. The predicted octanol–water partition coefficient (Wildman–Crippen LogP) is 2.14. The van der Waals surface area contributed by atoms with Gasteiger partial charge in [-0.25, -0.2) is 4.99 Å². The Morgan fingerprint density at radius 3 is 2.50 bits per heavy atom. The Balaban J connectivity index is 1.62. The van der Waals surface area contributed by atoms with Gasteiger partial charge in [0.2, 0.25) is 5.91 Å². The molecule has 0 atom stereocenters. The van der Waals surface area contributed by atoms with Gasteiger partial charge in [0.25, 0.3) is 0 Å². The van der Waals surface area contributed by atoms with Crippen LogP contribution in [0, 0.1) is 5.92 Å². The molecule has 1 aromatic rings. The molecule has 1 aliphatic carbocycles. The number of hydrogen-bond acceptors (Lipinski definition) is 3. The third kappa shape index (κ3) is 5.46. The van der Waals surface area contributed by atoms with Crippen LogP contribution in [0.1, 0.15) is 48.0 Å². The zero-order valence-electron chi connectivity index (χ0n) is 15.5. The van der Waals surface area contributed by atoms with E-state index in [1.165, 1.54) is 32.1 Å². The zero-order chi connectivity index (χ0) is 18.2. The van der Waals surface area contributed by atoms with Crippen LogP contribution < -0.4 is 11.1 Å². The van der Waals surface area contributed by atoms with Crippen LogP contribution in [0.2, 0.25) is 0 Å². The molecule has 1 amide bonds. The van der Waals surface area contributed by atoms with E-state index < -0.39 is 5.91 Å². The van der Waals surface area contributed by atoms with Crippen LogP contribution in [0.25, 0.3) is 0 Å². The lowest BCUT2D eigenvalue weighted by atomic mass is 9.89. The van der Waals surface area contributed by atoms with E-state index in [2.05, 4.69) is 10.2 Å². The Kier molecular flexibility index (Phi) is 6.89. The largest absolute Gasteiger partial charge is 0.378 e. The van der Waals surface area contributed by atoms with Gasteiger partial charge in [-0.15, -0.1) is 0 Å². The van der Waals surface area contributed by atoms with Gasteiger partial charge in [0, 0.05) is 25.2 Å². The van der Waals surface area contributed by atoms with Crippen molar-refractivity contribution in [3.05, 3.63) is 35.4 Å². The van der Waals surface area contributed by atoms with Crippen molar-refractivity contribution in [2.45, 2.75) is 38.6 Å². The summed E-state index contributed by atoms with van der Waals surface area (Å²) in [6, 6.07) is 7.36. The molecule has 0 spiro atoms. The molecule has 2 aliphatic rings. The molecule has 0 unspecified atom stereocenters. The Labute approximate surface area is 155 Å². The average molecular weight is 358 g/mol. The average Bonchev–Trinajstić information content (AvgIpc) is 2.70. The van der Waals surface area contributed by atoms with Crippen LogP contribution in [0.15, 0.2) is 29.3 Å². The molecule has 1 aliphatic heterocycles. The van der Waals surface area contributed by atoms with E-state index in [0.29, 0.717) is 12.1 Å². The molecule has 26 heavy (non-hydrogen) atoms. The van der Waals surface area contributed by atoms with Gasteiger partial charge in [-0.3, -0.25) is 4.79 Å². The second kappa shape index (κ2) is 9.57. The number of aliphatic imine (C=N–C) groups is 1. The highest BCUT2D eigenvalue weighted by Gasteiger charge is 2.18. The standard InChI is InChI=1S/C20H30N4O2/c21-19(25)18-8-6-17(7-9-18)15-23-20(24-10-12-26-13-11-24)22-14-16-4-2-1-3-5-16/h6-9,16H,1-5,10-15H2,(H2,21,25)(H,22,23). The highest BCUT2D eigenvalue weighted by Crippen LogP contribution is 2.22. The molecule has 0 bridgehead atoms. The Hall–Kier alpha value is -2.08. The predicted molar refractivity (Wildman–Crippen MR) is 103 cm³/mol. The maximum Gasteiger partial charge on any atom is 0.248 e. The first kappa shape index (κ1) is 18.7. The summed E-state index contributed by atoms with van der Waals surface area (Å²) in [7, 11) is 0. The van der Waals surface area contributed by atoms with Crippen molar-refractivity contribution in [1.82, 2.24) is 10.2 Å². The van der Waals surface area contributed by atoms with E-state index in [9.17, 15) is 4.79 Å². The van der Waals surface area contributed by atoms with E-state index >= 15 is 0 Å². The molecule has 1 aromatic carbocycles. The second-order valence-corrected chi connectivity index (χ2v) is 7.19. The molecule has 3 N–H and O–H groups in total. The summed E-state index contributed by atoms with van der Waals surface area (Å²) in [5.41, 5.74) is 6.90. The molecule has 1 saturated heterocycles. The summed E-state index contributed by atoms with van der Waals surface area (Å²) in [4.78, 5) is 18.3. The first-order valence-electron chi connectivity index (χ1n) is 9.72. The molecule has 6 nitrogen and oxygen atoms in total. The number of nitrogens with zero attached hydrogens (tertiary/aromatic N) is 2. The van der Waals surface area contributed by atoms with E-state index in [0.717, 1.165) is 50.3 Å². The summed E-state index contributed by atoms with van der Waals surface area (Å²) in [6.07, 6.45) is 6.71. The minimum atomic E-state index is -0.400. The third-order valence-electron chi connectivity index (χ3n) is 5.23. The summed E-state index contributed by atoms with van der Waals surface area (Å²) in [5, 5.41) is 3.61. The molecule has 3 rings (SSSR count). The van der Waals surface area contributed by atoms with Gasteiger partial charge in [-0.2, -0.15) is 0 Å². The number of primary amides is 1. The number of nitrogens with one attached hydrogen (secondary N) is 1. The lowest BCUT2D eigenvalue weighted by Crippen LogP contribution is -2.48. The zero-order valence-corrected chi connectivity index (χ0v) is 15.5. The molecule has 2 fully saturated rings. The van der Waals surface area contributed by atoms with Crippen molar-refractivity contribution in [2.24, 2.45) is 16.6 Å². The van der Waals surface area contributed by atoms with Gasteiger partial charge in [-0.05, 0) is 36.5 Å². The van der Waals surface area contributed by atoms with Crippen molar-refractivity contribution in [2.75, 3.05) is 32.8 Å². The van der Waals surface area contributed by atoms with Gasteiger partial charge >= 0.3 is 0 Å². The molecule has 142 valence electrons. The molecule has 6 heteroatoms. The van der Waals surface area contributed by atoms with Gasteiger partial charge < -0.3 is 20.7 Å². The smallest absolute Gasteiger partial charge is 0.248 e. The van der Waals surface area contributed by atoms with Gasteiger partial charge in [0.1, 0.15) is 0 Å². The van der Waals surface area contributed by atoms with E-state index in [4.69, 9.17) is 15.5 Å². The number of hydrogen-bond donors (Lipinski definition) is 2. The molecular weight excluding hydrogens is 328 g/mol. The topological polar surface area (TPSA) is 80.0 Å². The quantitative estimate of drug-likeness (QED) is 0.624. The number of guanidine groups is 1. The minimum absolute atomic E-state index is 0.400. The third-order valence-corrected chi connectivity index (χ3v) is 5.23. The highest BCUT2D eigenvalue weighted by atomic mass is 16.5. The van der Waals surface area contributed by atoms with Gasteiger partial charge in [0.05, 0.1) is 19.8 Å².